The Bertz CT molecular complexity index is 447. The van der Waals surface area contributed by atoms with Crippen LogP contribution in [0.3, 0.4) is 0 Å². The maximum atomic E-state index is 11.8. The molecule has 5 nitrogen and oxygen atoms in total. The molecule has 1 rings (SSSR count). The van der Waals surface area contributed by atoms with Crippen molar-refractivity contribution >= 4 is 12.1 Å². The number of hydroxylamine groups is 2. The highest BCUT2D eigenvalue weighted by atomic mass is 16.7. The van der Waals surface area contributed by atoms with Gasteiger partial charge in [0.2, 0.25) is 0 Å². The number of unbranched alkanes of at least 4 members (excludes halogenated alkanes) is 6. The first-order valence-corrected chi connectivity index (χ1v) is 7.93. The standard InChI is InChI=1S/C17H25NO4/c1-2-3-4-5-6-7-11-14-18(17(20)21)22-16(19)15-12-9-8-10-13-15/h8-10,12-13H,2-7,11,14H2,1H3,(H,20,21). The Labute approximate surface area is 131 Å². The number of hydrogen-bond acceptors (Lipinski definition) is 3. The Morgan fingerprint density at radius 2 is 1.59 bits per heavy atom. The predicted octanol–water partition coefficient (Wildman–Crippen LogP) is 4.49. The van der Waals surface area contributed by atoms with Gasteiger partial charge in [-0.05, 0) is 18.6 Å². The van der Waals surface area contributed by atoms with Crippen LogP contribution >= 0.6 is 0 Å². The fraction of sp³-hybridized carbons (Fsp3) is 0.529. The van der Waals surface area contributed by atoms with Gasteiger partial charge in [-0.2, -0.15) is 0 Å². The second kappa shape index (κ2) is 10.7. The molecule has 0 aliphatic carbocycles. The van der Waals surface area contributed by atoms with Crippen molar-refractivity contribution in [2.45, 2.75) is 51.9 Å². The number of carbonyl (C=O) groups excluding carboxylic acids is 1. The van der Waals surface area contributed by atoms with Gasteiger partial charge >= 0.3 is 12.1 Å². The molecule has 0 radical (unpaired) electrons. The topological polar surface area (TPSA) is 66.8 Å². The average Bonchev–Trinajstić information content (AvgIpc) is 2.53. The lowest BCUT2D eigenvalue weighted by molar-refractivity contribution is -0.0876. The molecular weight excluding hydrogens is 282 g/mol. The lowest BCUT2D eigenvalue weighted by Gasteiger charge is -2.17. The summed E-state index contributed by atoms with van der Waals surface area (Å²) in [7, 11) is 0. The molecule has 0 saturated carbocycles. The van der Waals surface area contributed by atoms with Crippen molar-refractivity contribution in [1.29, 1.82) is 0 Å². The summed E-state index contributed by atoms with van der Waals surface area (Å²) in [6.45, 7) is 2.38. The van der Waals surface area contributed by atoms with Crippen molar-refractivity contribution in [3.05, 3.63) is 35.9 Å². The highest BCUT2D eigenvalue weighted by Gasteiger charge is 2.18. The van der Waals surface area contributed by atoms with E-state index in [9.17, 15) is 9.59 Å². The molecule has 0 atom stereocenters. The van der Waals surface area contributed by atoms with E-state index in [1.165, 1.54) is 25.7 Å². The van der Waals surface area contributed by atoms with Gasteiger partial charge in [-0.15, -0.1) is 5.06 Å². The maximum Gasteiger partial charge on any atom is 0.440 e. The molecule has 122 valence electrons. The molecule has 0 unspecified atom stereocenters. The maximum absolute atomic E-state index is 11.8. The van der Waals surface area contributed by atoms with Crippen LogP contribution in [0, 0.1) is 0 Å². The van der Waals surface area contributed by atoms with Crippen LogP contribution in [-0.4, -0.2) is 28.8 Å². The highest BCUT2D eigenvalue weighted by Crippen LogP contribution is 2.09. The lowest BCUT2D eigenvalue weighted by Crippen LogP contribution is -2.33. The molecule has 0 fully saturated rings. The van der Waals surface area contributed by atoms with Gasteiger partial charge in [0.15, 0.2) is 0 Å². The summed E-state index contributed by atoms with van der Waals surface area (Å²) in [6.07, 6.45) is 6.33. The van der Waals surface area contributed by atoms with Crippen LogP contribution < -0.4 is 0 Å². The Morgan fingerprint density at radius 1 is 1.00 bits per heavy atom. The van der Waals surface area contributed by atoms with Crippen molar-refractivity contribution in [2.75, 3.05) is 6.54 Å². The van der Waals surface area contributed by atoms with Gasteiger partial charge < -0.3 is 9.94 Å². The van der Waals surface area contributed by atoms with Crippen LogP contribution in [0.2, 0.25) is 0 Å². The third-order valence-corrected chi connectivity index (χ3v) is 3.38. The van der Waals surface area contributed by atoms with E-state index in [0.29, 0.717) is 12.0 Å². The van der Waals surface area contributed by atoms with Crippen molar-refractivity contribution < 1.29 is 19.5 Å². The predicted molar refractivity (Wildman–Crippen MR) is 84.6 cm³/mol. The minimum absolute atomic E-state index is 0.210. The number of carbonyl (C=O) groups is 2. The summed E-state index contributed by atoms with van der Waals surface area (Å²) in [5.74, 6) is -0.647. The summed E-state index contributed by atoms with van der Waals surface area (Å²) in [5, 5.41) is 9.81. The fourth-order valence-corrected chi connectivity index (χ4v) is 2.12. The molecule has 1 N–H and O–H groups in total. The zero-order chi connectivity index (χ0) is 16.2. The summed E-state index contributed by atoms with van der Waals surface area (Å²) in [5.41, 5.74) is 0.341. The van der Waals surface area contributed by atoms with Gasteiger partial charge in [-0.25, -0.2) is 9.59 Å². The molecule has 0 aromatic heterocycles. The third-order valence-electron chi connectivity index (χ3n) is 3.38. The van der Waals surface area contributed by atoms with E-state index in [1.807, 2.05) is 0 Å². The molecule has 0 saturated heterocycles. The molecule has 5 heteroatoms. The third kappa shape index (κ3) is 7.11. The van der Waals surface area contributed by atoms with Crippen molar-refractivity contribution in [3.8, 4) is 0 Å². The second-order valence-electron chi connectivity index (χ2n) is 5.25. The van der Waals surface area contributed by atoms with E-state index in [2.05, 4.69) is 6.92 Å². The minimum Gasteiger partial charge on any atom is -0.463 e. The molecule has 1 aromatic rings. The van der Waals surface area contributed by atoms with Gasteiger partial charge in [-0.1, -0.05) is 63.6 Å². The van der Waals surface area contributed by atoms with Crippen LogP contribution in [0.5, 0.6) is 0 Å². The molecule has 22 heavy (non-hydrogen) atoms. The number of hydrogen-bond donors (Lipinski definition) is 1. The normalized spacial score (nSPS) is 10.2. The van der Waals surface area contributed by atoms with Gasteiger partial charge in [-0.3, -0.25) is 0 Å². The monoisotopic (exact) mass is 307 g/mol. The van der Waals surface area contributed by atoms with Crippen molar-refractivity contribution in [2.24, 2.45) is 0 Å². The lowest BCUT2D eigenvalue weighted by atomic mass is 10.1. The van der Waals surface area contributed by atoms with E-state index in [1.54, 1.807) is 30.3 Å². The second-order valence-corrected chi connectivity index (χ2v) is 5.25. The zero-order valence-electron chi connectivity index (χ0n) is 13.2. The SMILES string of the molecule is CCCCCCCCCN(OC(=O)c1ccccc1)C(=O)O. The van der Waals surface area contributed by atoms with Gasteiger partial charge in [0, 0.05) is 0 Å². The molecule has 0 aliphatic heterocycles. The fourth-order valence-electron chi connectivity index (χ4n) is 2.12. The molecule has 1 amide bonds. The highest BCUT2D eigenvalue weighted by molar-refractivity contribution is 5.89. The number of amides is 1. The van der Waals surface area contributed by atoms with E-state index in [-0.39, 0.29) is 6.54 Å². The first kappa shape index (κ1) is 18.0. The van der Waals surface area contributed by atoms with E-state index < -0.39 is 12.1 Å². The van der Waals surface area contributed by atoms with Crippen LogP contribution in [-0.2, 0) is 4.84 Å². The van der Waals surface area contributed by atoms with Crippen molar-refractivity contribution in [1.82, 2.24) is 5.06 Å². The van der Waals surface area contributed by atoms with Crippen molar-refractivity contribution in [3.63, 3.8) is 0 Å². The largest absolute Gasteiger partial charge is 0.463 e. The number of carboxylic acid groups (broad SMARTS) is 1. The molecular formula is C17H25NO4. The Hall–Kier alpha value is -2.04. The zero-order valence-corrected chi connectivity index (χ0v) is 13.2. The summed E-state index contributed by atoms with van der Waals surface area (Å²) < 4.78 is 0. The van der Waals surface area contributed by atoms with Crippen LogP contribution in [0.25, 0.3) is 0 Å². The average molecular weight is 307 g/mol. The summed E-state index contributed by atoms with van der Waals surface area (Å²) in [4.78, 5) is 27.9. The molecule has 0 bridgehead atoms. The van der Waals surface area contributed by atoms with E-state index >= 15 is 0 Å². The Kier molecular flexibility index (Phi) is 8.72. The first-order valence-electron chi connectivity index (χ1n) is 7.93. The molecule has 0 heterocycles. The smallest absolute Gasteiger partial charge is 0.440 e. The molecule has 0 spiro atoms. The van der Waals surface area contributed by atoms with E-state index in [0.717, 1.165) is 17.9 Å². The van der Waals surface area contributed by atoms with Gasteiger partial charge in [0.25, 0.3) is 0 Å². The van der Waals surface area contributed by atoms with Crippen LogP contribution in [0.4, 0.5) is 4.79 Å². The molecule has 1 aromatic carbocycles. The van der Waals surface area contributed by atoms with Gasteiger partial charge in [0.05, 0.1) is 12.1 Å². The number of benzene rings is 1. The number of rotatable bonds is 9. The van der Waals surface area contributed by atoms with Crippen LogP contribution in [0.1, 0.15) is 62.2 Å². The minimum atomic E-state index is -1.24. The van der Waals surface area contributed by atoms with Crippen LogP contribution in [0.15, 0.2) is 30.3 Å². The quantitative estimate of drug-likeness (QED) is 0.539. The number of nitrogens with zero attached hydrogens (tertiary/aromatic N) is 1. The summed E-state index contributed by atoms with van der Waals surface area (Å²) in [6, 6.07) is 8.38. The Balaban J connectivity index is 2.30. The van der Waals surface area contributed by atoms with Gasteiger partial charge in [0.1, 0.15) is 0 Å². The Morgan fingerprint density at radius 3 is 2.18 bits per heavy atom. The van der Waals surface area contributed by atoms with E-state index in [4.69, 9.17) is 9.94 Å². The first-order chi connectivity index (χ1) is 10.6. The summed E-state index contributed by atoms with van der Waals surface area (Å²) >= 11 is 0. The molecule has 0 aliphatic rings.